The Morgan fingerprint density at radius 1 is 0.963 bits per heavy atom. The second-order valence-corrected chi connectivity index (χ2v) is 6.43. The van der Waals surface area contributed by atoms with Crippen molar-refractivity contribution < 1.29 is 9.53 Å². The van der Waals surface area contributed by atoms with E-state index >= 15 is 0 Å². The van der Waals surface area contributed by atoms with Gasteiger partial charge in [0.05, 0.1) is 0 Å². The summed E-state index contributed by atoms with van der Waals surface area (Å²) in [4.78, 5) is 12.3. The highest BCUT2D eigenvalue weighted by atomic mass is 32.1. The van der Waals surface area contributed by atoms with E-state index in [0.717, 1.165) is 22.6 Å². The van der Waals surface area contributed by atoms with E-state index < -0.39 is 0 Å². The first-order valence-electron chi connectivity index (χ1n) is 8.56. The maximum absolute atomic E-state index is 12.3. The molecule has 0 aliphatic heterocycles. The van der Waals surface area contributed by atoms with Gasteiger partial charge < -0.3 is 10.1 Å². The van der Waals surface area contributed by atoms with E-state index in [1.165, 1.54) is 0 Å². The number of aryl methyl sites for hydroxylation is 1. The summed E-state index contributed by atoms with van der Waals surface area (Å²) in [5.41, 5.74) is 3.34. The molecule has 0 aliphatic carbocycles. The van der Waals surface area contributed by atoms with Crippen LogP contribution in [-0.4, -0.2) is 11.0 Å². The van der Waals surface area contributed by atoms with Gasteiger partial charge in [-0.05, 0) is 48.5 Å². The number of anilines is 1. The average Bonchev–Trinajstić information content (AvgIpc) is 2.67. The van der Waals surface area contributed by atoms with Crippen LogP contribution in [0.25, 0.3) is 0 Å². The molecular formula is C22H20N2O2S. The molecule has 136 valence electrons. The van der Waals surface area contributed by atoms with Crippen molar-refractivity contribution in [2.45, 2.75) is 13.5 Å². The topological polar surface area (TPSA) is 50.4 Å². The van der Waals surface area contributed by atoms with Crippen molar-refractivity contribution in [3.63, 3.8) is 0 Å². The van der Waals surface area contributed by atoms with Gasteiger partial charge in [-0.15, -0.1) is 0 Å². The highest BCUT2D eigenvalue weighted by Crippen LogP contribution is 2.18. The van der Waals surface area contributed by atoms with Crippen molar-refractivity contribution in [2.24, 2.45) is 0 Å². The summed E-state index contributed by atoms with van der Waals surface area (Å²) < 4.78 is 5.81. The van der Waals surface area contributed by atoms with Crippen LogP contribution in [0.2, 0.25) is 0 Å². The molecule has 0 heterocycles. The Morgan fingerprint density at radius 2 is 1.70 bits per heavy atom. The zero-order valence-electron chi connectivity index (χ0n) is 14.9. The molecule has 0 fully saturated rings. The highest BCUT2D eigenvalue weighted by Gasteiger charge is 2.10. The van der Waals surface area contributed by atoms with E-state index in [2.05, 4.69) is 10.6 Å². The minimum Gasteiger partial charge on any atom is -0.489 e. The van der Waals surface area contributed by atoms with Crippen molar-refractivity contribution in [3.8, 4) is 5.75 Å². The monoisotopic (exact) mass is 376 g/mol. The lowest BCUT2D eigenvalue weighted by atomic mass is 10.1. The van der Waals surface area contributed by atoms with Crippen molar-refractivity contribution >= 4 is 28.9 Å². The summed E-state index contributed by atoms with van der Waals surface area (Å²) in [6.07, 6.45) is 0. The third-order valence-corrected chi connectivity index (χ3v) is 4.16. The molecule has 1 amide bonds. The first-order chi connectivity index (χ1) is 13.1. The third-order valence-electron chi connectivity index (χ3n) is 3.96. The van der Waals surface area contributed by atoms with E-state index in [-0.39, 0.29) is 11.0 Å². The van der Waals surface area contributed by atoms with Crippen LogP contribution in [-0.2, 0) is 6.61 Å². The molecule has 27 heavy (non-hydrogen) atoms. The molecule has 0 aromatic heterocycles. The predicted octanol–water partition coefficient (Wildman–Crippen LogP) is 4.70. The van der Waals surface area contributed by atoms with E-state index in [0.29, 0.717) is 12.2 Å². The van der Waals surface area contributed by atoms with Crippen LogP contribution in [0.4, 0.5) is 5.69 Å². The van der Waals surface area contributed by atoms with Crippen LogP contribution in [0.3, 0.4) is 0 Å². The molecule has 0 bridgehead atoms. The standard InChI is InChI=1S/C22H20N2O2S/c1-16-8-5-6-13-20(16)21(25)24-22(27)23-18-11-7-12-19(14-18)26-15-17-9-3-2-4-10-17/h2-14H,15H2,1H3,(H2,23,24,25,27). The molecule has 3 rings (SSSR count). The molecule has 0 saturated heterocycles. The Labute approximate surface area is 164 Å². The van der Waals surface area contributed by atoms with Crippen molar-refractivity contribution in [2.75, 3.05) is 5.32 Å². The molecule has 0 saturated carbocycles. The normalized spacial score (nSPS) is 10.1. The molecule has 0 radical (unpaired) electrons. The van der Waals surface area contributed by atoms with E-state index in [1.54, 1.807) is 6.07 Å². The van der Waals surface area contributed by atoms with Crippen molar-refractivity contribution in [1.29, 1.82) is 0 Å². The van der Waals surface area contributed by atoms with E-state index in [9.17, 15) is 4.79 Å². The van der Waals surface area contributed by atoms with Gasteiger partial charge in [-0.1, -0.05) is 54.6 Å². The van der Waals surface area contributed by atoms with Crippen molar-refractivity contribution in [1.82, 2.24) is 5.32 Å². The maximum Gasteiger partial charge on any atom is 0.257 e. The lowest BCUT2D eigenvalue weighted by Crippen LogP contribution is -2.34. The minimum absolute atomic E-state index is 0.234. The summed E-state index contributed by atoms with van der Waals surface area (Å²) in [5.74, 6) is 0.485. The number of benzene rings is 3. The van der Waals surface area contributed by atoms with Gasteiger partial charge in [0.15, 0.2) is 5.11 Å². The number of rotatable bonds is 5. The molecule has 4 nitrogen and oxygen atoms in total. The fourth-order valence-corrected chi connectivity index (χ4v) is 2.78. The Bertz CT molecular complexity index is 942. The van der Waals surface area contributed by atoms with Gasteiger partial charge in [-0.2, -0.15) is 0 Å². The number of carbonyl (C=O) groups is 1. The lowest BCUT2D eigenvalue weighted by Gasteiger charge is -2.12. The molecule has 3 aromatic carbocycles. The summed E-state index contributed by atoms with van der Waals surface area (Å²) in [5, 5.41) is 5.96. The van der Waals surface area contributed by atoms with Crippen LogP contribution in [0.5, 0.6) is 5.75 Å². The summed E-state index contributed by atoms with van der Waals surface area (Å²) in [6, 6.07) is 24.8. The smallest absolute Gasteiger partial charge is 0.257 e. The summed E-state index contributed by atoms with van der Waals surface area (Å²) in [6.45, 7) is 2.37. The van der Waals surface area contributed by atoms with E-state index in [1.807, 2.05) is 79.7 Å². The molecular weight excluding hydrogens is 356 g/mol. The Hall–Kier alpha value is -3.18. The predicted molar refractivity (Wildman–Crippen MR) is 112 cm³/mol. The average molecular weight is 376 g/mol. The number of carbonyl (C=O) groups excluding carboxylic acids is 1. The molecule has 3 aromatic rings. The fourth-order valence-electron chi connectivity index (χ4n) is 2.56. The fraction of sp³-hybridized carbons (Fsp3) is 0.0909. The minimum atomic E-state index is -0.234. The van der Waals surface area contributed by atoms with E-state index in [4.69, 9.17) is 17.0 Å². The van der Waals surface area contributed by atoms with Crippen molar-refractivity contribution in [3.05, 3.63) is 95.6 Å². The van der Waals surface area contributed by atoms with Crippen LogP contribution in [0.1, 0.15) is 21.5 Å². The molecule has 0 aliphatic rings. The van der Waals surface area contributed by atoms with Gasteiger partial charge in [-0.3, -0.25) is 10.1 Å². The number of hydrogen-bond donors (Lipinski definition) is 2. The van der Waals surface area contributed by atoms with Crippen LogP contribution < -0.4 is 15.4 Å². The molecule has 0 spiro atoms. The second-order valence-electron chi connectivity index (χ2n) is 6.03. The Balaban J connectivity index is 1.58. The lowest BCUT2D eigenvalue weighted by molar-refractivity contribution is 0.0977. The van der Waals surface area contributed by atoms with Gasteiger partial charge in [0.25, 0.3) is 5.91 Å². The zero-order valence-corrected chi connectivity index (χ0v) is 15.8. The first-order valence-corrected chi connectivity index (χ1v) is 8.97. The Morgan fingerprint density at radius 3 is 2.48 bits per heavy atom. The summed E-state index contributed by atoms with van der Waals surface area (Å²) >= 11 is 5.26. The highest BCUT2D eigenvalue weighted by molar-refractivity contribution is 7.80. The third kappa shape index (κ3) is 5.39. The number of ether oxygens (including phenoxy) is 1. The number of hydrogen-bond acceptors (Lipinski definition) is 3. The van der Waals surface area contributed by atoms with Crippen LogP contribution >= 0.6 is 12.2 Å². The molecule has 5 heteroatoms. The molecule has 0 atom stereocenters. The van der Waals surface area contributed by atoms with Crippen LogP contribution in [0, 0.1) is 6.92 Å². The van der Waals surface area contributed by atoms with Gasteiger partial charge in [-0.25, -0.2) is 0 Å². The van der Waals surface area contributed by atoms with Crippen LogP contribution in [0.15, 0.2) is 78.9 Å². The maximum atomic E-state index is 12.3. The van der Waals surface area contributed by atoms with Gasteiger partial charge in [0.1, 0.15) is 12.4 Å². The molecule has 0 unspecified atom stereocenters. The van der Waals surface area contributed by atoms with Gasteiger partial charge >= 0.3 is 0 Å². The summed E-state index contributed by atoms with van der Waals surface area (Å²) in [7, 11) is 0. The Kier molecular flexibility index (Phi) is 6.18. The quantitative estimate of drug-likeness (QED) is 0.634. The number of nitrogens with one attached hydrogen (secondary N) is 2. The molecule has 2 N–H and O–H groups in total. The SMILES string of the molecule is Cc1ccccc1C(=O)NC(=S)Nc1cccc(OCc2ccccc2)c1. The first kappa shape index (κ1) is 18.6. The van der Waals surface area contributed by atoms with Gasteiger partial charge in [0, 0.05) is 17.3 Å². The zero-order chi connectivity index (χ0) is 19.1. The second kappa shape index (κ2) is 8.96. The van der Waals surface area contributed by atoms with Gasteiger partial charge in [0.2, 0.25) is 0 Å². The largest absolute Gasteiger partial charge is 0.489 e. The number of amides is 1. The number of thiocarbonyl (C=S) groups is 1.